The van der Waals surface area contributed by atoms with Gasteiger partial charge in [-0.1, -0.05) is 6.08 Å². The van der Waals surface area contributed by atoms with Crippen LogP contribution in [0.4, 0.5) is 10.7 Å². The van der Waals surface area contributed by atoms with Crippen molar-refractivity contribution < 1.29 is 14.3 Å². The zero-order chi connectivity index (χ0) is 15.7. The maximum Gasteiger partial charge on any atom is 0.263 e. The third kappa shape index (κ3) is 5.37. The number of carbonyl (C=O) groups is 1. The van der Waals surface area contributed by atoms with E-state index in [0.29, 0.717) is 43.4 Å². The van der Waals surface area contributed by atoms with Gasteiger partial charge in [0.2, 0.25) is 0 Å². The van der Waals surface area contributed by atoms with Crippen LogP contribution in [0.2, 0.25) is 0 Å². The number of thiophene rings is 1. The molecule has 1 amide bonds. The summed E-state index contributed by atoms with van der Waals surface area (Å²) in [6, 6.07) is 1.82. The Balaban J connectivity index is 2.83. The molecular weight excluding hydrogens is 290 g/mol. The molecule has 1 aromatic heterocycles. The van der Waals surface area contributed by atoms with E-state index in [1.807, 2.05) is 6.07 Å². The SMILES string of the molecule is C=CCNC(=O)c1sc(N(CCOC)CCOC)cc1N. The van der Waals surface area contributed by atoms with Crippen molar-refractivity contribution in [1.82, 2.24) is 5.32 Å². The summed E-state index contributed by atoms with van der Waals surface area (Å²) in [5.41, 5.74) is 6.43. The van der Waals surface area contributed by atoms with Crippen molar-refractivity contribution in [2.24, 2.45) is 0 Å². The molecule has 1 aromatic rings. The average Bonchev–Trinajstić information content (AvgIpc) is 2.87. The third-order valence-electron chi connectivity index (χ3n) is 2.80. The van der Waals surface area contributed by atoms with Crippen LogP contribution in [0.15, 0.2) is 18.7 Å². The maximum absolute atomic E-state index is 12.0. The molecule has 0 unspecified atom stereocenters. The van der Waals surface area contributed by atoms with Crippen LogP contribution >= 0.6 is 11.3 Å². The number of rotatable bonds is 10. The van der Waals surface area contributed by atoms with Gasteiger partial charge in [-0.25, -0.2) is 0 Å². The molecule has 6 nitrogen and oxygen atoms in total. The summed E-state index contributed by atoms with van der Waals surface area (Å²) in [5, 5.41) is 3.67. The van der Waals surface area contributed by atoms with Gasteiger partial charge in [0.25, 0.3) is 5.91 Å². The van der Waals surface area contributed by atoms with Gasteiger partial charge in [-0.15, -0.1) is 17.9 Å². The van der Waals surface area contributed by atoms with Crippen LogP contribution in [-0.4, -0.2) is 53.0 Å². The Bertz CT molecular complexity index is 454. The molecule has 0 radical (unpaired) electrons. The highest BCUT2D eigenvalue weighted by Gasteiger charge is 2.17. The summed E-state index contributed by atoms with van der Waals surface area (Å²) in [5.74, 6) is -0.179. The normalized spacial score (nSPS) is 10.4. The summed E-state index contributed by atoms with van der Waals surface area (Å²) in [6.45, 7) is 6.62. The number of nitrogens with one attached hydrogen (secondary N) is 1. The van der Waals surface area contributed by atoms with Crippen LogP contribution in [0, 0.1) is 0 Å². The quantitative estimate of drug-likeness (QED) is 0.638. The van der Waals surface area contributed by atoms with Gasteiger partial charge in [0.15, 0.2) is 0 Å². The Labute approximate surface area is 129 Å². The molecule has 0 spiro atoms. The molecule has 0 aliphatic heterocycles. The number of ether oxygens (including phenoxy) is 2. The van der Waals surface area contributed by atoms with E-state index in [9.17, 15) is 4.79 Å². The Hall–Kier alpha value is -1.57. The van der Waals surface area contributed by atoms with Gasteiger partial charge in [0.05, 0.1) is 23.9 Å². The van der Waals surface area contributed by atoms with E-state index in [1.165, 1.54) is 11.3 Å². The van der Waals surface area contributed by atoms with Gasteiger partial charge < -0.3 is 25.4 Å². The average molecular weight is 313 g/mol. The molecule has 1 rings (SSSR count). The van der Waals surface area contributed by atoms with Gasteiger partial charge in [-0.05, 0) is 6.07 Å². The minimum absolute atomic E-state index is 0.179. The predicted octanol–water partition coefficient (Wildman–Crippen LogP) is 1.35. The number of anilines is 2. The number of amides is 1. The monoisotopic (exact) mass is 313 g/mol. The van der Waals surface area contributed by atoms with E-state index in [-0.39, 0.29) is 5.91 Å². The summed E-state index contributed by atoms with van der Waals surface area (Å²) in [4.78, 5) is 14.6. The predicted molar refractivity (Wildman–Crippen MR) is 87.2 cm³/mol. The molecular formula is C14H23N3O3S. The van der Waals surface area contributed by atoms with E-state index in [0.717, 1.165) is 5.00 Å². The second-order valence-corrected chi connectivity index (χ2v) is 5.37. The first-order chi connectivity index (χ1) is 10.1. The van der Waals surface area contributed by atoms with Gasteiger partial charge in [-0.3, -0.25) is 4.79 Å². The Morgan fingerprint density at radius 1 is 1.43 bits per heavy atom. The number of nitrogen functional groups attached to an aromatic ring is 1. The minimum atomic E-state index is -0.179. The number of carbonyl (C=O) groups excluding carboxylic acids is 1. The molecule has 0 aromatic carbocycles. The lowest BCUT2D eigenvalue weighted by Gasteiger charge is -2.22. The smallest absolute Gasteiger partial charge is 0.263 e. The highest BCUT2D eigenvalue weighted by atomic mass is 32.1. The van der Waals surface area contributed by atoms with Crippen LogP contribution in [0.1, 0.15) is 9.67 Å². The second kappa shape index (κ2) is 9.38. The van der Waals surface area contributed by atoms with E-state index >= 15 is 0 Å². The van der Waals surface area contributed by atoms with Crippen molar-refractivity contribution in [2.75, 3.05) is 57.7 Å². The Morgan fingerprint density at radius 3 is 2.57 bits per heavy atom. The summed E-state index contributed by atoms with van der Waals surface area (Å²) >= 11 is 1.37. The number of methoxy groups -OCH3 is 2. The molecule has 0 aliphatic carbocycles. The molecule has 0 saturated heterocycles. The molecule has 21 heavy (non-hydrogen) atoms. The molecule has 1 heterocycles. The zero-order valence-electron chi connectivity index (χ0n) is 12.6. The zero-order valence-corrected chi connectivity index (χ0v) is 13.4. The molecule has 0 bridgehead atoms. The van der Waals surface area contributed by atoms with Gasteiger partial charge in [0, 0.05) is 33.9 Å². The number of hydrogen-bond donors (Lipinski definition) is 2. The van der Waals surface area contributed by atoms with Gasteiger partial charge >= 0.3 is 0 Å². The fourth-order valence-corrected chi connectivity index (χ4v) is 2.75. The first kappa shape index (κ1) is 17.5. The first-order valence-corrected chi connectivity index (χ1v) is 7.46. The topological polar surface area (TPSA) is 76.8 Å². The van der Waals surface area contributed by atoms with Crippen LogP contribution in [0.5, 0.6) is 0 Å². The molecule has 0 saturated carbocycles. The van der Waals surface area contributed by atoms with E-state index in [4.69, 9.17) is 15.2 Å². The molecule has 0 aliphatic rings. The lowest BCUT2D eigenvalue weighted by molar-refractivity contribution is 0.0963. The number of hydrogen-bond acceptors (Lipinski definition) is 6. The van der Waals surface area contributed by atoms with E-state index in [1.54, 1.807) is 20.3 Å². The minimum Gasteiger partial charge on any atom is -0.397 e. The molecule has 118 valence electrons. The van der Waals surface area contributed by atoms with E-state index < -0.39 is 0 Å². The number of nitrogens with two attached hydrogens (primary N) is 1. The highest BCUT2D eigenvalue weighted by molar-refractivity contribution is 7.18. The van der Waals surface area contributed by atoms with Crippen LogP contribution in [0.3, 0.4) is 0 Å². The van der Waals surface area contributed by atoms with Gasteiger partial charge in [-0.2, -0.15) is 0 Å². The van der Waals surface area contributed by atoms with Crippen LogP contribution < -0.4 is 16.0 Å². The fraction of sp³-hybridized carbons (Fsp3) is 0.500. The van der Waals surface area contributed by atoms with Crippen molar-refractivity contribution in [3.05, 3.63) is 23.6 Å². The Kier molecular flexibility index (Phi) is 7.81. The van der Waals surface area contributed by atoms with Crippen molar-refractivity contribution in [2.45, 2.75) is 0 Å². The van der Waals surface area contributed by atoms with E-state index in [2.05, 4.69) is 16.8 Å². The van der Waals surface area contributed by atoms with Crippen LogP contribution in [-0.2, 0) is 9.47 Å². The summed E-state index contributed by atoms with van der Waals surface area (Å²) in [7, 11) is 3.32. The highest BCUT2D eigenvalue weighted by Crippen LogP contribution is 2.32. The fourth-order valence-electron chi connectivity index (χ4n) is 1.71. The summed E-state index contributed by atoms with van der Waals surface area (Å²) < 4.78 is 10.2. The van der Waals surface area contributed by atoms with Crippen molar-refractivity contribution in [3.63, 3.8) is 0 Å². The molecule has 3 N–H and O–H groups in total. The van der Waals surface area contributed by atoms with Crippen molar-refractivity contribution in [1.29, 1.82) is 0 Å². The maximum atomic E-state index is 12.0. The lowest BCUT2D eigenvalue weighted by atomic mass is 10.3. The van der Waals surface area contributed by atoms with Crippen molar-refractivity contribution in [3.8, 4) is 0 Å². The van der Waals surface area contributed by atoms with Gasteiger partial charge in [0.1, 0.15) is 4.88 Å². The molecule has 0 fully saturated rings. The standard InChI is InChI=1S/C14H23N3O3S/c1-4-5-16-14(18)13-11(15)10-12(21-13)17(6-8-19-2)7-9-20-3/h4,10H,1,5-9,15H2,2-3H3,(H,16,18). The second-order valence-electron chi connectivity index (χ2n) is 4.34. The summed E-state index contributed by atoms with van der Waals surface area (Å²) in [6.07, 6.45) is 1.63. The molecule has 7 heteroatoms. The third-order valence-corrected chi connectivity index (χ3v) is 4.01. The lowest BCUT2D eigenvalue weighted by Crippen LogP contribution is -2.29. The Morgan fingerprint density at radius 2 is 2.05 bits per heavy atom. The molecule has 0 atom stereocenters. The largest absolute Gasteiger partial charge is 0.397 e. The number of nitrogens with zero attached hydrogens (tertiary/aromatic N) is 1. The van der Waals surface area contributed by atoms with Crippen LogP contribution in [0.25, 0.3) is 0 Å². The van der Waals surface area contributed by atoms with Crippen molar-refractivity contribution >= 4 is 27.9 Å². The first-order valence-electron chi connectivity index (χ1n) is 6.65.